The lowest BCUT2D eigenvalue weighted by molar-refractivity contribution is -0.138. The van der Waals surface area contributed by atoms with Gasteiger partial charge in [0.25, 0.3) is 0 Å². The highest BCUT2D eigenvalue weighted by Crippen LogP contribution is 2.44. The van der Waals surface area contributed by atoms with Crippen molar-refractivity contribution < 1.29 is 19.7 Å². The van der Waals surface area contributed by atoms with Gasteiger partial charge in [0.15, 0.2) is 0 Å². The van der Waals surface area contributed by atoms with Crippen molar-refractivity contribution in [1.29, 1.82) is 0 Å². The molecule has 2 aliphatic heterocycles. The van der Waals surface area contributed by atoms with Crippen molar-refractivity contribution in [3.05, 3.63) is 12.1 Å². The van der Waals surface area contributed by atoms with Crippen LogP contribution in [0.5, 0.6) is 5.75 Å². The number of aromatic nitrogens is 1. The topological polar surface area (TPSA) is 110 Å². The maximum atomic E-state index is 11.6. The summed E-state index contributed by atoms with van der Waals surface area (Å²) < 4.78 is 5.99. The van der Waals surface area contributed by atoms with E-state index in [1.807, 2.05) is 12.1 Å². The SMILES string of the molecule is O=C(O)[C@@H](Nc1cc2c3c(c(N4CCC(CO)CC4)[nH]c3c1)NCCO2)C1CC1. The first-order valence-corrected chi connectivity index (χ1v) is 10.6. The number of rotatable bonds is 6. The predicted octanol–water partition coefficient (Wildman–Crippen LogP) is 2.46. The highest BCUT2D eigenvalue weighted by Gasteiger charge is 2.36. The van der Waals surface area contributed by atoms with Crippen LogP contribution in [0.3, 0.4) is 0 Å². The summed E-state index contributed by atoms with van der Waals surface area (Å²) in [5.74, 6) is 1.61. The summed E-state index contributed by atoms with van der Waals surface area (Å²) in [5.41, 5.74) is 2.76. The Kier molecular flexibility index (Phi) is 4.66. The van der Waals surface area contributed by atoms with Gasteiger partial charge in [-0.2, -0.15) is 0 Å². The molecule has 2 fully saturated rings. The van der Waals surface area contributed by atoms with Crippen molar-refractivity contribution in [1.82, 2.24) is 4.98 Å². The predicted molar refractivity (Wildman–Crippen MR) is 112 cm³/mol. The fraction of sp³-hybridized carbons (Fsp3) is 0.571. The van der Waals surface area contributed by atoms with E-state index >= 15 is 0 Å². The van der Waals surface area contributed by atoms with Crippen LogP contribution >= 0.6 is 0 Å². The van der Waals surface area contributed by atoms with Crippen molar-refractivity contribution in [3.63, 3.8) is 0 Å². The zero-order valence-electron chi connectivity index (χ0n) is 16.4. The Labute approximate surface area is 169 Å². The zero-order valence-corrected chi connectivity index (χ0v) is 16.4. The minimum Gasteiger partial charge on any atom is -0.491 e. The Balaban J connectivity index is 1.50. The van der Waals surface area contributed by atoms with Gasteiger partial charge in [0.2, 0.25) is 0 Å². The molecule has 8 nitrogen and oxygen atoms in total. The van der Waals surface area contributed by atoms with Gasteiger partial charge >= 0.3 is 5.97 Å². The minimum absolute atomic E-state index is 0.201. The van der Waals surface area contributed by atoms with Crippen molar-refractivity contribution in [3.8, 4) is 5.75 Å². The smallest absolute Gasteiger partial charge is 0.326 e. The van der Waals surface area contributed by atoms with Crippen molar-refractivity contribution in [2.45, 2.75) is 31.7 Å². The third-order valence-electron chi connectivity index (χ3n) is 6.37. The molecule has 0 unspecified atom stereocenters. The number of nitrogens with zero attached hydrogens (tertiary/aromatic N) is 1. The largest absolute Gasteiger partial charge is 0.491 e. The third kappa shape index (κ3) is 3.46. The monoisotopic (exact) mass is 400 g/mol. The van der Waals surface area contributed by atoms with E-state index in [1.54, 1.807) is 0 Å². The lowest BCUT2D eigenvalue weighted by Crippen LogP contribution is -2.35. The molecule has 3 heterocycles. The molecule has 5 rings (SSSR count). The van der Waals surface area contributed by atoms with Gasteiger partial charge < -0.3 is 35.5 Å². The molecule has 29 heavy (non-hydrogen) atoms. The molecule has 156 valence electrons. The van der Waals surface area contributed by atoms with E-state index in [1.165, 1.54) is 0 Å². The highest BCUT2D eigenvalue weighted by molar-refractivity contribution is 6.05. The number of anilines is 3. The molecular weight excluding hydrogens is 372 g/mol. The molecule has 5 N–H and O–H groups in total. The van der Waals surface area contributed by atoms with Crippen molar-refractivity contribution >= 4 is 34.1 Å². The number of aliphatic hydroxyl groups excluding tert-OH is 1. The molecule has 0 bridgehead atoms. The Bertz CT molecular complexity index is 915. The van der Waals surface area contributed by atoms with E-state index in [9.17, 15) is 15.0 Å². The van der Waals surface area contributed by atoms with Crippen LogP contribution in [0.15, 0.2) is 12.1 Å². The first-order chi connectivity index (χ1) is 14.1. The van der Waals surface area contributed by atoms with Gasteiger partial charge in [0.05, 0.1) is 16.6 Å². The van der Waals surface area contributed by atoms with E-state index < -0.39 is 12.0 Å². The zero-order chi connectivity index (χ0) is 20.0. The molecule has 8 heteroatoms. The normalized spacial score (nSPS) is 20.7. The van der Waals surface area contributed by atoms with Gasteiger partial charge in [0, 0.05) is 38.0 Å². The number of ether oxygens (including phenoxy) is 1. The van der Waals surface area contributed by atoms with Gasteiger partial charge in [-0.1, -0.05) is 0 Å². The molecule has 2 aromatic rings. The molecule has 1 aliphatic carbocycles. The first kappa shape index (κ1) is 18.4. The second kappa shape index (κ2) is 7.33. The Hall–Kier alpha value is -2.61. The van der Waals surface area contributed by atoms with Crippen LogP contribution < -0.4 is 20.3 Å². The molecule has 1 saturated carbocycles. The molecule has 1 saturated heterocycles. The van der Waals surface area contributed by atoms with Crippen LogP contribution in [-0.2, 0) is 4.79 Å². The van der Waals surface area contributed by atoms with Crippen LogP contribution in [-0.4, -0.2) is 60.1 Å². The van der Waals surface area contributed by atoms with E-state index in [-0.39, 0.29) is 12.5 Å². The van der Waals surface area contributed by atoms with E-state index in [0.29, 0.717) is 19.1 Å². The Morgan fingerprint density at radius 2 is 2.07 bits per heavy atom. The lowest BCUT2D eigenvalue weighted by atomic mass is 9.98. The number of H-pyrrole nitrogens is 1. The second-order valence-corrected chi connectivity index (χ2v) is 8.43. The molecule has 1 aromatic carbocycles. The van der Waals surface area contributed by atoms with Gasteiger partial charge in [-0.25, -0.2) is 4.79 Å². The number of nitrogens with one attached hydrogen (secondary N) is 3. The Morgan fingerprint density at radius 3 is 2.76 bits per heavy atom. The molecule has 0 radical (unpaired) electrons. The summed E-state index contributed by atoms with van der Waals surface area (Å²) >= 11 is 0. The number of carboxylic acids is 1. The number of aliphatic carboxylic acids is 1. The van der Waals surface area contributed by atoms with Crippen LogP contribution in [0.1, 0.15) is 25.7 Å². The van der Waals surface area contributed by atoms with Gasteiger partial charge in [-0.15, -0.1) is 0 Å². The summed E-state index contributed by atoms with van der Waals surface area (Å²) in [6.45, 7) is 3.33. The fourth-order valence-electron chi connectivity index (χ4n) is 4.55. The van der Waals surface area contributed by atoms with Crippen LogP contribution in [0.25, 0.3) is 10.9 Å². The van der Waals surface area contributed by atoms with Crippen molar-refractivity contribution in [2.75, 3.05) is 48.4 Å². The minimum atomic E-state index is -0.805. The number of hydrogen-bond donors (Lipinski definition) is 5. The lowest BCUT2D eigenvalue weighted by Gasteiger charge is -2.32. The van der Waals surface area contributed by atoms with Gasteiger partial charge in [0.1, 0.15) is 24.2 Å². The maximum Gasteiger partial charge on any atom is 0.326 e. The van der Waals surface area contributed by atoms with E-state index in [0.717, 1.165) is 72.6 Å². The quantitative estimate of drug-likeness (QED) is 0.507. The van der Waals surface area contributed by atoms with Crippen LogP contribution in [0.4, 0.5) is 17.2 Å². The van der Waals surface area contributed by atoms with Gasteiger partial charge in [-0.3, -0.25) is 0 Å². The summed E-state index contributed by atoms with van der Waals surface area (Å²) in [6.07, 6.45) is 3.87. The number of carbonyl (C=O) groups is 1. The number of aliphatic hydroxyl groups is 1. The van der Waals surface area contributed by atoms with Crippen LogP contribution in [0.2, 0.25) is 0 Å². The van der Waals surface area contributed by atoms with E-state index in [2.05, 4.69) is 20.5 Å². The number of hydrogen-bond acceptors (Lipinski definition) is 6. The number of carboxylic acid groups (broad SMARTS) is 1. The number of piperidine rings is 1. The third-order valence-corrected chi connectivity index (χ3v) is 6.37. The fourth-order valence-corrected chi connectivity index (χ4v) is 4.55. The van der Waals surface area contributed by atoms with Gasteiger partial charge in [-0.05, 0) is 43.6 Å². The number of aromatic amines is 1. The molecule has 3 aliphatic rings. The molecule has 1 aromatic heterocycles. The molecule has 0 spiro atoms. The van der Waals surface area contributed by atoms with Crippen LogP contribution in [0, 0.1) is 11.8 Å². The maximum absolute atomic E-state index is 11.6. The summed E-state index contributed by atoms with van der Waals surface area (Å²) in [6, 6.07) is 3.35. The van der Waals surface area contributed by atoms with Crippen molar-refractivity contribution in [2.24, 2.45) is 11.8 Å². The summed E-state index contributed by atoms with van der Waals surface area (Å²) in [7, 11) is 0. The van der Waals surface area contributed by atoms with E-state index in [4.69, 9.17) is 4.74 Å². The number of benzene rings is 1. The summed E-state index contributed by atoms with van der Waals surface area (Å²) in [4.78, 5) is 17.5. The summed E-state index contributed by atoms with van der Waals surface area (Å²) in [5, 5.41) is 26.7. The standard InChI is InChI=1S/C21H28N4O4/c26-11-12-3-6-25(7-4-12)20-19-17-15(24-20)9-14(10-16(17)29-8-5-22-19)23-18(21(27)28)13-1-2-13/h9-10,12-13,18,22-24,26H,1-8,11H2,(H,27,28)/t18-/m0/s1. The average molecular weight is 400 g/mol. The first-order valence-electron chi connectivity index (χ1n) is 10.6. The molecule has 1 atom stereocenters. The molecule has 0 amide bonds. The highest BCUT2D eigenvalue weighted by atomic mass is 16.5. The second-order valence-electron chi connectivity index (χ2n) is 8.43. The average Bonchev–Trinajstić information content (AvgIpc) is 3.52. The molecular formula is C21H28N4O4. The Morgan fingerprint density at radius 1 is 1.28 bits per heavy atom.